The van der Waals surface area contributed by atoms with Gasteiger partial charge in [0.05, 0.1) is 13.2 Å². The Labute approximate surface area is 246 Å². The molecule has 0 spiro atoms. The van der Waals surface area contributed by atoms with Gasteiger partial charge in [0.15, 0.2) is 17.3 Å². The second kappa shape index (κ2) is 12.3. The average molecular weight is 627 g/mol. The van der Waals surface area contributed by atoms with Gasteiger partial charge in [-0.15, -0.1) is 0 Å². The minimum absolute atomic E-state index is 0.0707. The molecule has 2 aliphatic heterocycles. The van der Waals surface area contributed by atoms with Gasteiger partial charge in [0.25, 0.3) is 0 Å². The third-order valence-corrected chi connectivity index (χ3v) is 7.31. The molecule has 2 aliphatic rings. The van der Waals surface area contributed by atoms with Gasteiger partial charge in [0.1, 0.15) is 71.3 Å². The summed E-state index contributed by atoms with van der Waals surface area (Å²) in [4.78, 5) is 14.1. The molecule has 3 aromatic rings. The lowest BCUT2D eigenvalue weighted by Crippen LogP contribution is -2.60. The second-order valence-electron chi connectivity index (χ2n) is 10.2. The number of ether oxygens (including phenoxy) is 4. The van der Waals surface area contributed by atoms with Crippen molar-refractivity contribution in [3.05, 3.63) is 40.6 Å². The van der Waals surface area contributed by atoms with Gasteiger partial charge in [-0.25, -0.2) is 0 Å². The maximum Gasteiger partial charge on any atom is 0.239 e. The molecule has 2 fully saturated rings. The van der Waals surface area contributed by atoms with Crippen LogP contribution >= 0.6 is 0 Å². The summed E-state index contributed by atoms with van der Waals surface area (Å²) in [6, 6.07) is 5.19. The van der Waals surface area contributed by atoms with E-state index in [1.807, 2.05) is 0 Å². The quantitative estimate of drug-likeness (QED) is 0.116. The van der Waals surface area contributed by atoms with Gasteiger partial charge in [-0.2, -0.15) is 0 Å². The van der Waals surface area contributed by atoms with Gasteiger partial charge in [-0.1, -0.05) is 0 Å². The lowest BCUT2D eigenvalue weighted by Gasteiger charge is -2.39. The van der Waals surface area contributed by atoms with Gasteiger partial charge in [0, 0.05) is 17.7 Å². The van der Waals surface area contributed by atoms with E-state index >= 15 is 0 Å². The highest BCUT2D eigenvalue weighted by atomic mass is 16.7. The number of hydrogen-bond acceptors (Lipinski definition) is 17. The molecule has 17 heteroatoms. The molecule has 0 radical (unpaired) electrons. The van der Waals surface area contributed by atoms with Crippen LogP contribution in [0.25, 0.3) is 22.3 Å². The Balaban J connectivity index is 1.66. The van der Waals surface area contributed by atoms with Crippen molar-refractivity contribution < 1.29 is 79.5 Å². The third kappa shape index (κ3) is 5.61. The monoisotopic (exact) mass is 626 g/mol. The maximum atomic E-state index is 14.1. The summed E-state index contributed by atoms with van der Waals surface area (Å²) >= 11 is 0. The van der Waals surface area contributed by atoms with Crippen molar-refractivity contribution in [2.45, 2.75) is 61.4 Å². The number of fused-ring (bicyclic) bond motifs is 1. The molecular weight excluding hydrogens is 596 g/mol. The normalized spacial score (nSPS) is 32.5. The third-order valence-electron chi connectivity index (χ3n) is 7.31. The first-order valence-electron chi connectivity index (χ1n) is 13.2. The van der Waals surface area contributed by atoms with Crippen molar-refractivity contribution in [1.29, 1.82) is 0 Å². The molecule has 1 aromatic heterocycles. The first-order valence-corrected chi connectivity index (χ1v) is 13.2. The van der Waals surface area contributed by atoms with Crippen LogP contribution in [0.3, 0.4) is 0 Å². The lowest BCUT2D eigenvalue weighted by atomic mass is 9.99. The van der Waals surface area contributed by atoms with Crippen LogP contribution < -0.4 is 14.9 Å². The van der Waals surface area contributed by atoms with Crippen molar-refractivity contribution in [2.75, 3.05) is 13.2 Å². The van der Waals surface area contributed by atoms with Crippen molar-refractivity contribution in [2.24, 2.45) is 0 Å². The lowest BCUT2D eigenvalue weighted by molar-refractivity contribution is -0.277. The zero-order chi connectivity index (χ0) is 32.0. The molecule has 17 nitrogen and oxygen atoms in total. The van der Waals surface area contributed by atoms with Crippen LogP contribution in [0.15, 0.2) is 39.5 Å². The molecule has 2 saturated heterocycles. The zero-order valence-electron chi connectivity index (χ0n) is 22.4. The Bertz CT molecular complexity index is 1550. The molecule has 11 N–H and O–H groups in total. The summed E-state index contributed by atoms with van der Waals surface area (Å²) in [5.74, 6) is -3.37. The molecule has 44 heavy (non-hydrogen) atoms. The van der Waals surface area contributed by atoms with E-state index in [2.05, 4.69) is 0 Å². The van der Waals surface area contributed by atoms with Crippen molar-refractivity contribution in [3.8, 4) is 40.1 Å². The van der Waals surface area contributed by atoms with Gasteiger partial charge in [-0.05, 0) is 18.2 Å². The minimum atomic E-state index is -1.96. The Morgan fingerprint density at radius 3 is 1.80 bits per heavy atom. The van der Waals surface area contributed by atoms with E-state index < -0.39 is 120 Å². The fourth-order valence-corrected chi connectivity index (χ4v) is 4.88. The number of benzene rings is 2. The molecule has 0 unspecified atom stereocenters. The summed E-state index contributed by atoms with van der Waals surface area (Å²) < 4.78 is 27.8. The molecule has 2 aromatic carbocycles. The van der Waals surface area contributed by atoms with E-state index in [1.54, 1.807) is 0 Å². The number of aromatic hydroxyl groups is 3. The van der Waals surface area contributed by atoms with Gasteiger partial charge < -0.3 is 79.5 Å². The van der Waals surface area contributed by atoms with E-state index in [9.17, 15) is 61.0 Å². The molecule has 5 rings (SSSR count). The predicted octanol–water partition coefficient (Wildman–Crippen LogP) is -3.07. The van der Waals surface area contributed by atoms with Crippen molar-refractivity contribution >= 4 is 11.0 Å². The molecule has 10 atom stereocenters. The van der Waals surface area contributed by atoms with Gasteiger partial charge in [0.2, 0.25) is 23.8 Å². The summed E-state index contributed by atoms with van der Waals surface area (Å²) in [5, 5.41) is 110. The molecule has 0 bridgehead atoms. The molecule has 0 amide bonds. The largest absolute Gasteiger partial charge is 0.508 e. The number of aliphatic hydroxyl groups is 8. The topological polar surface area (TPSA) is 290 Å². The molecule has 0 saturated carbocycles. The highest BCUT2D eigenvalue weighted by Gasteiger charge is 2.46. The van der Waals surface area contributed by atoms with Crippen molar-refractivity contribution in [3.63, 3.8) is 0 Å². The Kier molecular flexibility index (Phi) is 8.87. The van der Waals surface area contributed by atoms with Crippen LogP contribution in [0, 0.1) is 0 Å². The van der Waals surface area contributed by atoms with E-state index in [4.69, 9.17) is 23.4 Å². The van der Waals surface area contributed by atoms with Crippen LogP contribution in [0.1, 0.15) is 0 Å². The number of hydrogen-bond donors (Lipinski definition) is 11. The van der Waals surface area contributed by atoms with Gasteiger partial charge in [-0.3, -0.25) is 4.79 Å². The summed E-state index contributed by atoms with van der Waals surface area (Å²) in [5.41, 5.74) is -1.51. The van der Waals surface area contributed by atoms with Crippen molar-refractivity contribution in [1.82, 2.24) is 0 Å². The first-order chi connectivity index (χ1) is 20.9. The SMILES string of the molecule is O=c1c(O[C@@H]2O[C@H](CO)[C@@H](O)[C@@H](O)[C@H]2O)c(-c2ccc(O)c(O)c2)oc2cc(O)cc(O[C@@H]3O[C@H](CO)[C@@H](O)[C@@H](O)[C@H]3O)c12. The van der Waals surface area contributed by atoms with Crippen LogP contribution in [0.5, 0.6) is 28.7 Å². The number of phenolic OH excluding ortho intramolecular Hbond substituents is 3. The average Bonchev–Trinajstić information content (AvgIpc) is 2.99. The Morgan fingerprint density at radius 1 is 0.682 bits per heavy atom. The Hall–Kier alpha value is -3.75. The fourth-order valence-electron chi connectivity index (χ4n) is 4.88. The van der Waals surface area contributed by atoms with Crippen LogP contribution in [-0.2, 0) is 9.47 Å². The fraction of sp³-hybridized carbons (Fsp3) is 0.444. The molecular formula is C27H30O17. The summed E-state index contributed by atoms with van der Waals surface area (Å²) in [6.45, 7) is -1.60. The molecule has 3 heterocycles. The van der Waals surface area contributed by atoms with E-state index in [0.717, 1.165) is 24.3 Å². The van der Waals surface area contributed by atoms with Crippen LogP contribution in [-0.4, -0.2) is 131 Å². The zero-order valence-corrected chi connectivity index (χ0v) is 22.4. The summed E-state index contributed by atoms with van der Waals surface area (Å²) in [6.07, 6.45) is -17.5. The number of phenols is 3. The van der Waals surface area contributed by atoms with E-state index in [-0.39, 0.29) is 11.1 Å². The van der Waals surface area contributed by atoms with E-state index in [1.165, 1.54) is 6.07 Å². The Morgan fingerprint density at radius 2 is 1.25 bits per heavy atom. The standard InChI is InChI=1S/C27H30O17/c28-6-14-17(33)20(36)22(38)26(42-14)41-13-5-9(30)4-12-16(13)19(35)25(24(40-12)8-1-2-10(31)11(32)3-8)44-27-23(39)21(37)18(34)15(7-29)43-27/h1-5,14-15,17-18,20-23,26-34,36-39H,6-7H2/t14-,15-,17-,18-,20-,21-,22-,23-,26-,27+/m1/s1. The second-order valence-corrected chi connectivity index (χ2v) is 10.2. The highest BCUT2D eigenvalue weighted by molar-refractivity contribution is 5.88. The van der Waals surface area contributed by atoms with Crippen LogP contribution in [0.4, 0.5) is 0 Å². The first kappa shape index (κ1) is 31.7. The van der Waals surface area contributed by atoms with Gasteiger partial charge >= 0.3 is 0 Å². The van der Waals surface area contributed by atoms with E-state index in [0.29, 0.717) is 0 Å². The number of aliphatic hydroxyl groups excluding tert-OH is 8. The molecule has 240 valence electrons. The predicted molar refractivity (Wildman–Crippen MR) is 142 cm³/mol. The minimum Gasteiger partial charge on any atom is -0.508 e. The maximum absolute atomic E-state index is 14.1. The number of rotatable bonds is 7. The smallest absolute Gasteiger partial charge is 0.239 e. The molecule has 0 aliphatic carbocycles. The summed E-state index contributed by atoms with van der Waals surface area (Å²) in [7, 11) is 0. The van der Waals surface area contributed by atoms with Crippen LogP contribution in [0.2, 0.25) is 0 Å². The highest BCUT2D eigenvalue weighted by Crippen LogP contribution is 2.40.